The normalized spacial score (nSPS) is 11.1. The van der Waals surface area contributed by atoms with Crippen LogP contribution in [0, 0.1) is 6.92 Å². The third-order valence-electron chi connectivity index (χ3n) is 5.02. The standard InChI is InChI=1S/C24H31N5O.HI/c1-4-11-26-23(30)19-7-5-6-18(14-19)15-29-24(25-3)27-12-10-20-16-28-22-13-17(2)8-9-21(20)22;/h5-9,13-14,16,28H,4,10-12,15H2,1-3H3,(H,26,30)(H2,25,27,29);1H. The van der Waals surface area contributed by atoms with Gasteiger partial charge in [-0.3, -0.25) is 9.79 Å². The Morgan fingerprint density at radius 1 is 1.06 bits per heavy atom. The molecule has 166 valence electrons. The molecule has 0 radical (unpaired) electrons. The van der Waals surface area contributed by atoms with Gasteiger partial charge in [0.2, 0.25) is 0 Å². The number of benzene rings is 2. The van der Waals surface area contributed by atoms with Crippen LogP contribution in [0.4, 0.5) is 0 Å². The van der Waals surface area contributed by atoms with Crippen molar-refractivity contribution in [1.82, 2.24) is 20.9 Å². The van der Waals surface area contributed by atoms with Gasteiger partial charge in [-0.15, -0.1) is 24.0 Å². The van der Waals surface area contributed by atoms with Crippen molar-refractivity contribution in [2.24, 2.45) is 4.99 Å². The van der Waals surface area contributed by atoms with E-state index in [9.17, 15) is 4.79 Å². The SMILES string of the molecule is CCCNC(=O)c1cccc(CNC(=NC)NCCc2c[nH]c3cc(C)ccc23)c1.I. The monoisotopic (exact) mass is 533 g/mol. The molecular formula is C24H32IN5O. The van der Waals surface area contributed by atoms with E-state index in [0.717, 1.165) is 30.9 Å². The maximum absolute atomic E-state index is 12.1. The Kier molecular flexibility index (Phi) is 9.84. The maximum Gasteiger partial charge on any atom is 0.251 e. The Morgan fingerprint density at radius 2 is 1.90 bits per heavy atom. The highest BCUT2D eigenvalue weighted by atomic mass is 127. The van der Waals surface area contributed by atoms with E-state index in [1.54, 1.807) is 7.05 Å². The van der Waals surface area contributed by atoms with Gasteiger partial charge in [-0.1, -0.05) is 31.2 Å². The van der Waals surface area contributed by atoms with Gasteiger partial charge in [-0.2, -0.15) is 0 Å². The maximum atomic E-state index is 12.1. The summed E-state index contributed by atoms with van der Waals surface area (Å²) in [6.07, 6.45) is 3.90. The van der Waals surface area contributed by atoms with Crippen molar-refractivity contribution in [3.63, 3.8) is 0 Å². The Labute approximate surface area is 201 Å². The summed E-state index contributed by atoms with van der Waals surface area (Å²) < 4.78 is 0. The number of rotatable bonds is 8. The van der Waals surface area contributed by atoms with Gasteiger partial charge in [0.1, 0.15) is 0 Å². The Hall–Kier alpha value is -2.55. The first-order chi connectivity index (χ1) is 14.6. The van der Waals surface area contributed by atoms with Crippen LogP contribution in [0.5, 0.6) is 0 Å². The molecule has 1 heterocycles. The van der Waals surface area contributed by atoms with Crippen molar-refractivity contribution in [1.29, 1.82) is 0 Å². The lowest BCUT2D eigenvalue weighted by atomic mass is 10.1. The molecule has 0 aliphatic heterocycles. The average molecular weight is 533 g/mol. The summed E-state index contributed by atoms with van der Waals surface area (Å²) in [5.74, 6) is 0.710. The molecule has 2 aromatic carbocycles. The van der Waals surface area contributed by atoms with Gasteiger partial charge in [0.15, 0.2) is 5.96 Å². The van der Waals surface area contributed by atoms with E-state index in [0.29, 0.717) is 18.7 Å². The number of nitrogens with zero attached hydrogens (tertiary/aromatic N) is 1. The predicted molar refractivity (Wildman–Crippen MR) is 139 cm³/mol. The fraction of sp³-hybridized carbons (Fsp3) is 0.333. The molecule has 3 aromatic rings. The van der Waals surface area contributed by atoms with Crippen molar-refractivity contribution in [2.45, 2.75) is 33.2 Å². The minimum absolute atomic E-state index is 0. The first-order valence-electron chi connectivity index (χ1n) is 10.5. The molecule has 7 heteroatoms. The van der Waals surface area contributed by atoms with Crippen LogP contribution in [0.15, 0.2) is 53.7 Å². The fourth-order valence-corrected chi connectivity index (χ4v) is 3.39. The van der Waals surface area contributed by atoms with Crippen LogP contribution in [0.1, 0.15) is 40.4 Å². The smallest absolute Gasteiger partial charge is 0.251 e. The third kappa shape index (κ3) is 6.99. The summed E-state index contributed by atoms with van der Waals surface area (Å²) in [6, 6.07) is 14.2. The van der Waals surface area contributed by atoms with Crippen LogP contribution >= 0.6 is 24.0 Å². The first kappa shape index (κ1) is 24.7. The van der Waals surface area contributed by atoms with Gasteiger partial charge in [0.25, 0.3) is 5.91 Å². The molecule has 4 N–H and O–H groups in total. The fourth-order valence-electron chi connectivity index (χ4n) is 3.39. The molecular weight excluding hydrogens is 501 g/mol. The summed E-state index contributed by atoms with van der Waals surface area (Å²) in [5.41, 5.74) is 5.44. The number of aromatic nitrogens is 1. The number of carbonyl (C=O) groups excluding carboxylic acids is 1. The molecule has 0 atom stereocenters. The molecule has 0 fully saturated rings. The zero-order valence-electron chi connectivity index (χ0n) is 18.4. The van der Waals surface area contributed by atoms with Gasteiger partial charge in [-0.05, 0) is 54.7 Å². The van der Waals surface area contributed by atoms with Crippen molar-refractivity contribution in [3.8, 4) is 0 Å². The summed E-state index contributed by atoms with van der Waals surface area (Å²) >= 11 is 0. The number of aromatic amines is 1. The molecule has 0 bridgehead atoms. The summed E-state index contributed by atoms with van der Waals surface area (Å²) in [7, 11) is 1.76. The minimum Gasteiger partial charge on any atom is -0.361 e. The van der Waals surface area contributed by atoms with E-state index in [1.165, 1.54) is 22.0 Å². The number of aliphatic imine (C=N–C) groups is 1. The molecule has 0 unspecified atom stereocenters. The highest BCUT2D eigenvalue weighted by Crippen LogP contribution is 2.19. The zero-order valence-corrected chi connectivity index (χ0v) is 20.7. The lowest BCUT2D eigenvalue weighted by molar-refractivity contribution is 0.0953. The van der Waals surface area contributed by atoms with Crippen molar-refractivity contribution in [3.05, 3.63) is 70.9 Å². The van der Waals surface area contributed by atoms with Crippen molar-refractivity contribution in [2.75, 3.05) is 20.1 Å². The molecule has 1 amide bonds. The lowest BCUT2D eigenvalue weighted by Gasteiger charge is -2.12. The van der Waals surface area contributed by atoms with Gasteiger partial charge in [0.05, 0.1) is 0 Å². The second-order valence-corrected chi connectivity index (χ2v) is 7.42. The van der Waals surface area contributed by atoms with E-state index >= 15 is 0 Å². The van der Waals surface area contributed by atoms with Crippen molar-refractivity contribution >= 4 is 46.7 Å². The van der Waals surface area contributed by atoms with E-state index < -0.39 is 0 Å². The molecule has 0 aliphatic rings. The van der Waals surface area contributed by atoms with Crippen LogP contribution in [-0.4, -0.2) is 37.0 Å². The van der Waals surface area contributed by atoms with E-state index in [1.807, 2.05) is 31.2 Å². The number of guanidine groups is 1. The molecule has 0 saturated carbocycles. The molecule has 1 aromatic heterocycles. The Morgan fingerprint density at radius 3 is 2.68 bits per heavy atom. The van der Waals surface area contributed by atoms with Gasteiger partial charge >= 0.3 is 0 Å². The molecule has 31 heavy (non-hydrogen) atoms. The largest absolute Gasteiger partial charge is 0.361 e. The number of aryl methyl sites for hydroxylation is 1. The number of halogens is 1. The summed E-state index contributed by atoms with van der Waals surface area (Å²) in [6.45, 7) is 6.21. The predicted octanol–water partition coefficient (Wildman–Crippen LogP) is 4.14. The molecule has 0 spiro atoms. The van der Waals surface area contributed by atoms with Gasteiger partial charge in [0, 0.05) is 49.3 Å². The highest BCUT2D eigenvalue weighted by Gasteiger charge is 2.07. The number of carbonyl (C=O) groups is 1. The number of hydrogen-bond acceptors (Lipinski definition) is 2. The van der Waals surface area contributed by atoms with E-state index in [4.69, 9.17) is 0 Å². The second-order valence-electron chi connectivity index (χ2n) is 7.42. The number of fused-ring (bicyclic) bond motifs is 1. The molecule has 6 nitrogen and oxygen atoms in total. The van der Waals surface area contributed by atoms with Crippen LogP contribution in [-0.2, 0) is 13.0 Å². The number of hydrogen-bond donors (Lipinski definition) is 4. The highest BCUT2D eigenvalue weighted by molar-refractivity contribution is 14.0. The first-order valence-corrected chi connectivity index (χ1v) is 10.5. The molecule has 3 rings (SSSR count). The summed E-state index contributed by atoms with van der Waals surface area (Å²) in [5, 5.41) is 10.9. The zero-order chi connectivity index (χ0) is 21.3. The molecule has 0 aliphatic carbocycles. The summed E-state index contributed by atoms with van der Waals surface area (Å²) in [4.78, 5) is 19.8. The van der Waals surface area contributed by atoms with Crippen LogP contribution in [0.25, 0.3) is 10.9 Å². The second kappa shape index (κ2) is 12.3. The van der Waals surface area contributed by atoms with Crippen LogP contribution in [0.2, 0.25) is 0 Å². The Balaban J connectivity index is 0.00000341. The third-order valence-corrected chi connectivity index (χ3v) is 5.02. The Bertz CT molecular complexity index is 1030. The van der Waals surface area contributed by atoms with Gasteiger partial charge in [-0.25, -0.2) is 0 Å². The van der Waals surface area contributed by atoms with Crippen molar-refractivity contribution < 1.29 is 4.79 Å². The molecule has 0 saturated heterocycles. The van der Waals surface area contributed by atoms with Crippen LogP contribution in [0.3, 0.4) is 0 Å². The van der Waals surface area contributed by atoms with Crippen LogP contribution < -0.4 is 16.0 Å². The number of H-pyrrole nitrogens is 1. The lowest BCUT2D eigenvalue weighted by Crippen LogP contribution is -2.37. The number of amides is 1. The minimum atomic E-state index is -0.0323. The van der Waals surface area contributed by atoms with E-state index in [-0.39, 0.29) is 29.9 Å². The topological polar surface area (TPSA) is 81.3 Å². The number of nitrogens with one attached hydrogen (secondary N) is 4. The quantitative estimate of drug-likeness (QED) is 0.200. The van der Waals surface area contributed by atoms with Gasteiger partial charge < -0.3 is 20.9 Å². The van der Waals surface area contributed by atoms with E-state index in [2.05, 4.69) is 57.2 Å². The average Bonchev–Trinajstić information content (AvgIpc) is 3.16.